The highest BCUT2D eigenvalue weighted by Crippen LogP contribution is 2.27. The molecule has 0 unspecified atom stereocenters. The van der Waals surface area contributed by atoms with Crippen LogP contribution in [0.25, 0.3) is 6.08 Å². The highest BCUT2D eigenvalue weighted by molar-refractivity contribution is 5.89. The van der Waals surface area contributed by atoms with E-state index in [1.54, 1.807) is 45.5 Å². The van der Waals surface area contributed by atoms with E-state index in [2.05, 4.69) is 6.92 Å². The van der Waals surface area contributed by atoms with Crippen LogP contribution in [-0.4, -0.2) is 44.7 Å². The van der Waals surface area contributed by atoms with E-state index in [-0.39, 0.29) is 12.5 Å². The first-order chi connectivity index (χ1) is 14.0. The Hall–Kier alpha value is -3.28. The summed E-state index contributed by atoms with van der Waals surface area (Å²) in [5.74, 6) is 0.309. The number of nitrogens with zero attached hydrogens (tertiary/aromatic N) is 1. The Morgan fingerprint density at radius 3 is 2.24 bits per heavy atom. The van der Waals surface area contributed by atoms with Gasteiger partial charge in [-0.25, -0.2) is 4.79 Å². The average molecular weight is 397 g/mol. The van der Waals surface area contributed by atoms with Gasteiger partial charge in [-0.1, -0.05) is 37.3 Å². The fourth-order valence-corrected chi connectivity index (χ4v) is 2.65. The fraction of sp³-hybridized carbons (Fsp3) is 0.304. The zero-order valence-corrected chi connectivity index (χ0v) is 17.3. The molecule has 29 heavy (non-hydrogen) atoms. The van der Waals surface area contributed by atoms with Crippen molar-refractivity contribution in [3.8, 4) is 11.5 Å². The maximum Gasteiger partial charge on any atom is 0.331 e. The number of carbonyl (C=O) groups is 2. The number of rotatable bonds is 9. The third-order valence-corrected chi connectivity index (χ3v) is 4.43. The van der Waals surface area contributed by atoms with Gasteiger partial charge in [-0.15, -0.1) is 0 Å². The Balaban J connectivity index is 1.84. The maximum absolute atomic E-state index is 12.2. The van der Waals surface area contributed by atoms with Crippen LogP contribution in [-0.2, 0) is 27.3 Å². The summed E-state index contributed by atoms with van der Waals surface area (Å²) in [4.78, 5) is 25.6. The van der Waals surface area contributed by atoms with Crippen molar-refractivity contribution in [1.29, 1.82) is 0 Å². The molecule has 154 valence electrons. The second-order valence-electron chi connectivity index (χ2n) is 6.48. The van der Waals surface area contributed by atoms with Crippen molar-refractivity contribution >= 4 is 18.0 Å². The summed E-state index contributed by atoms with van der Waals surface area (Å²) in [5, 5.41) is 0. The molecular weight excluding hydrogens is 370 g/mol. The predicted octanol–water partition coefficient (Wildman–Crippen LogP) is 3.48. The van der Waals surface area contributed by atoms with Gasteiger partial charge in [-0.05, 0) is 41.3 Å². The lowest BCUT2D eigenvalue weighted by Gasteiger charge is -2.17. The Morgan fingerprint density at radius 2 is 1.62 bits per heavy atom. The third-order valence-electron chi connectivity index (χ3n) is 4.43. The zero-order valence-electron chi connectivity index (χ0n) is 17.3. The summed E-state index contributed by atoms with van der Waals surface area (Å²) < 4.78 is 15.5. The molecule has 0 N–H and O–H groups in total. The molecule has 0 bridgehead atoms. The molecule has 2 aromatic rings. The molecular formula is C23H27NO5. The normalized spacial score (nSPS) is 10.6. The molecule has 0 aliphatic carbocycles. The van der Waals surface area contributed by atoms with Gasteiger partial charge in [0.25, 0.3) is 5.91 Å². The Kier molecular flexibility index (Phi) is 8.27. The van der Waals surface area contributed by atoms with E-state index in [0.717, 1.165) is 17.5 Å². The van der Waals surface area contributed by atoms with Crippen LogP contribution in [0.5, 0.6) is 11.5 Å². The summed E-state index contributed by atoms with van der Waals surface area (Å²) >= 11 is 0. The van der Waals surface area contributed by atoms with Crippen molar-refractivity contribution in [2.45, 2.75) is 19.9 Å². The van der Waals surface area contributed by atoms with E-state index in [0.29, 0.717) is 18.0 Å². The number of hydrogen-bond acceptors (Lipinski definition) is 5. The minimum Gasteiger partial charge on any atom is -0.493 e. The summed E-state index contributed by atoms with van der Waals surface area (Å²) in [6.45, 7) is 2.25. The minimum atomic E-state index is -0.589. The topological polar surface area (TPSA) is 65.1 Å². The van der Waals surface area contributed by atoms with Crippen molar-refractivity contribution in [3.05, 3.63) is 65.2 Å². The smallest absolute Gasteiger partial charge is 0.331 e. The Labute approximate surface area is 171 Å². The molecule has 6 heteroatoms. The van der Waals surface area contributed by atoms with E-state index in [1.807, 2.05) is 24.3 Å². The molecule has 0 aliphatic rings. The number of likely N-dealkylation sites (N-methyl/N-ethyl adjacent to an activating group) is 1. The molecule has 0 saturated carbocycles. The first-order valence-electron chi connectivity index (χ1n) is 9.35. The highest BCUT2D eigenvalue weighted by atomic mass is 16.5. The van der Waals surface area contributed by atoms with Gasteiger partial charge in [0.15, 0.2) is 18.1 Å². The number of hydrogen-bond donors (Lipinski definition) is 0. The van der Waals surface area contributed by atoms with Gasteiger partial charge < -0.3 is 19.1 Å². The summed E-state index contributed by atoms with van der Waals surface area (Å²) in [6.07, 6.45) is 3.84. The molecule has 6 nitrogen and oxygen atoms in total. The summed E-state index contributed by atoms with van der Waals surface area (Å²) in [7, 11) is 4.78. The van der Waals surface area contributed by atoms with E-state index >= 15 is 0 Å². The van der Waals surface area contributed by atoms with E-state index in [4.69, 9.17) is 14.2 Å². The Morgan fingerprint density at radius 1 is 0.966 bits per heavy atom. The second kappa shape index (κ2) is 10.9. The average Bonchev–Trinajstić information content (AvgIpc) is 2.76. The lowest BCUT2D eigenvalue weighted by molar-refractivity contribution is -0.147. The second-order valence-corrected chi connectivity index (χ2v) is 6.48. The van der Waals surface area contributed by atoms with E-state index in [1.165, 1.54) is 16.5 Å². The number of carbonyl (C=O) groups excluding carboxylic acids is 2. The van der Waals surface area contributed by atoms with Crippen LogP contribution in [0.4, 0.5) is 0 Å². The van der Waals surface area contributed by atoms with Gasteiger partial charge in [0.1, 0.15) is 0 Å². The molecule has 0 fully saturated rings. The predicted molar refractivity (Wildman–Crippen MR) is 112 cm³/mol. The minimum absolute atomic E-state index is 0.266. The van der Waals surface area contributed by atoms with Gasteiger partial charge in [-0.3, -0.25) is 4.79 Å². The maximum atomic E-state index is 12.2. The van der Waals surface area contributed by atoms with Gasteiger partial charge >= 0.3 is 5.97 Å². The lowest BCUT2D eigenvalue weighted by atomic mass is 10.1. The van der Waals surface area contributed by atoms with Gasteiger partial charge in [0, 0.05) is 19.7 Å². The monoisotopic (exact) mass is 397 g/mol. The molecule has 0 atom stereocenters. The van der Waals surface area contributed by atoms with Gasteiger partial charge in [0.2, 0.25) is 0 Å². The van der Waals surface area contributed by atoms with Crippen LogP contribution < -0.4 is 9.47 Å². The first-order valence-corrected chi connectivity index (χ1v) is 9.35. The molecule has 0 radical (unpaired) electrons. The van der Waals surface area contributed by atoms with Crippen molar-refractivity contribution in [2.75, 3.05) is 27.9 Å². The van der Waals surface area contributed by atoms with Crippen LogP contribution in [0.2, 0.25) is 0 Å². The number of benzene rings is 2. The first kappa shape index (κ1) is 22.0. The molecule has 0 aliphatic heterocycles. The number of ether oxygens (including phenoxy) is 3. The molecule has 0 aromatic heterocycles. The summed E-state index contributed by atoms with van der Waals surface area (Å²) in [6, 6.07) is 13.4. The van der Waals surface area contributed by atoms with E-state index in [9.17, 15) is 9.59 Å². The van der Waals surface area contributed by atoms with Crippen molar-refractivity contribution in [1.82, 2.24) is 4.90 Å². The standard InChI is InChI=1S/C23H27NO5/c1-5-17-6-8-19(9-7-17)15-24(2)22(25)16-29-23(26)13-11-18-10-12-20(27-3)21(14-18)28-4/h6-14H,5,15-16H2,1-4H3/b13-11+. The number of aryl methyl sites for hydroxylation is 1. The molecule has 0 spiro atoms. The largest absolute Gasteiger partial charge is 0.493 e. The van der Waals surface area contributed by atoms with Crippen molar-refractivity contribution in [3.63, 3.8) is 0 Å². The molecule has 0 heterocycles. The van der Waals surface area contributed by atoms with Crippen LogP contribution >= 0.6 is 0 Å². The van der Waals surface area contributed by atoms with Gasteiger partial charge in [0.05, 0.1) is 14.2 Å². The molecule has 2 rings (SSSR count). The van der Waals surface area contributed by atoms with Crippen LogP contribution in [0.3, 0.4) is 0 Å². The summed E-state index contributed by atoms with van der Waals surface area (Å²) in [5.41, 5.74) is 3.02. The Bertz CT molecular complexity index is 858. The highest BCUT2D eigenvalue weighted by Gasteiger charge is 2.11. The number of esters is 1. The van der Waals surface area contributed by atoms with Crippen LogP contribution in [0.15, 0.2) is 48.5 Å². The fourth-order valence-electron chi connectivity index (χ4n) is 2.65. The molecule has 0 saturated heterocycles. The van der Waals surface area contributed by atoms with Crippen molar-refractivity contribution < 1.29 is 23.8 Å². The van der Waals surface area contributed by atoms with Gasteiger partial charge in [-0.2, -0.15) is 0 Å². The van der Waals surface area contributed by atoms with E-state index < -0.39 is 5.97 Å². The van der Waals surface area contributed by atoms with Crippen LogP contribution in [0, 0.1) is 0 Å². The zero-order chi connectivity index (χ0) is 21.2. The third kappa shape index (κ3) is 6.68. The SMILES string of the molecule is CCc1ccc(CN(C)C(=O)COC(=O)/C=C/c2ccc(OC)c(OC)c2)cc1. The lowest BCUT2D eigenvalue weighted by Crippen LogP contribution is -2.30. The van der Waals surface area contributed by atoms with Crippen molar-refractivity contribution in [2.24, 2.45) is 0 Å². The van der Waals surface area contributed by atoms with Crippen LogP contribution in [0.1, 0.15) is 23.6 Å². The quantitative estimate of drug-likeness (QED) is 0.479. The molecule has 2 aromatic carbocycles. The number of methoxy groups -OCH3 is 2. The number of amides is 1. The molecule has 1 amide bonds.